The van der Waals surface area contributed by atoms with Crippen molar-refractivity contribution in [2.45, 2.75) is 60.3 Å². The van der Waals surface area contributed by atoms with E-state index in [1.165, 1.54) is 31.3 Å². The number of hydrogen-bond donors (Lipinski definition) is 0. The number of rotatable bonds is 4. The molecule has 0 amide bonds. The van der Waals surface area contributed by atoms with Crippen LogP contribution in [0, 0.1) is 16.7 Å². The fourth-order valence-corrected chi connectivity index (χ4v) is 3.67. The summed E-state index contributed by atoms with van der Waals surface area (Å²) in [5.41, 5.74) is 2.57. The van der Waals surface area contributed by atoms with Gasteiger partial charge < -0.3 is 0 Å². The Morgan fingerprint density at radius 3 is 2.07 bits per heavy atom. The van der Waals surface area contributed by atoms with Gasteiger partial charge in [-0.2, -0.15) is 0 Å². The topological polar surface area (TPSA) is 0 Å². The molecular weight excluding hydrogens is 168 g/mol. The molecule has 0 aromatic heterocycles. The maximum atomic E-state index is 4.11. The number of hydrogen-bond acceptors (Lipinski definition) is 0. The Kier molecular flexibility index (Phi) is 3.13. The zero-order valence-electron chi connectivity index (χ0n) is 10.6. The highest BCUT2D eigenvalue weighted by atomic mass is 14.5. The van der Waals surface area contributed by atoms with E-state index in [-0.39, 0.29) is 0 Å². The van der Waals surface area contributed by atoms with Gasteiger partial charge in [0.05, 0.1) is 0 Å². The zero-order chi connectivity index (χ0) is 11.0. The van der Waals surface area contributed by atoms with Crippen molar-refractivity contribution in [3.8, 4) is 0 Å². The molecule has 1 rings (SSSR count). The van der Waals surface area contributed by atoms with E-state index < -0.39 is 0 Å². The molecule has 1 aliphatic carbocycles. The van der Waals surface area contributed by atoms with Gasteiger partial charge in [-0.05, 0) is 49.4 Å². The average Bonchev–Trinajstić information content (AvgIpc) is 1.95. The van der Waals surface area contributed by atoms with Crippen LogP contribution < -0.4 is 0 Å². The minimum Gasteiger partial charge on any atom is -0.0999 e. The molecule has 0 aromatic rings. The van der Waals surface area contributed by atoms with E-state index in [0.29, 0.717) is 10.8 Å². The third-order valence-electron chi connectivity index (χ3n) is 3.74. The average molecular weight is 194 g/mol. The Morgan fingerprint density at radius 1 is 1.29 bits per heavy atom. The van der Waals surface area contributed by atoms with Crippen LogP contribution in [-0.4, -0.2) is 0 Å². The summed E-state index contributed by atoms with van der Waals surface area (Å²) in [5.74, 6) is 0.746. The van der Waals surface area contributed by atoms with E-state index in [1.54, 1.807) is 0 Å². The summed E-state index contributed by atoms with van der Waals surface area (Å²) < 4.78 is 0. The molecule has 0 spiro atoms. The van der Waals surface area contributed by atoms with E-state index in [1.807, 2.05) is 0 Å². The maximum absolute atomic E-state index is 4.11. The summed E-state index contributed by atoms with van der Waals surface area (Å²) in [6.45, 7) is 15.8. The molecule has 0 aliphatic heterocycles. The van der Waals surface area contributed by atoms with Crippen LogP contribution in [0.4, 0.5) is 0 Å². The largest absolute Gasteiger partial charge is 0.0999 e. The Bertz CT molecular complexity index is 214. The van der Waals surface area contributed by atoms with Crippen LogP contribution >= 0.6 is 0 Å². The van der Waals surface area contributed by atoms with Crippen molar-refractivity contribution in [3.63, 3.8) is 0 Å². The smallest absolute Gasteiger partial charge is 0.0206 e. The van der Waals surface area contributed by atoms with Crippen molar-refractivity contribution >= 4 is 0 Å². The van der Waals surface area contributed by atoms with Crippen molar-refractivity contribution < 1.29 is 0 Å². The van der Waals surface area contributed by atoms with Crippen LogP contribution in [0.15, 0.2) is 12.2 Å². The fraction of sp³-hybridized carbons (Fsp3) is 0.857. The van der Waals surface area contributed by atoms with Gasteiger partial charge in [0.2, 0.25) is 0 Å². The summed E-state index contributed by atoms with van der Waals surface area (Å²) >= 11 is 0. The standard InChI is InChI=1S/C14H26/c1-7-12(11(2)3)8-14(6)9-13(4,5)10-14/h12H,2,7-10H2,1,3-6H3. The van der Waals surface area contributed by atoms with Crippen LogP contribution in [0.25, 0.3) is 0 Å². The minimum absolute atomic E-state index is 0.599. The first-order valence-corrected chi connectivity index (χ1v) is 5.93. The lowest BCUT2D eigenvalue weighted by Gasteiger charge is -2.53. The SMILES string of the molecule is C=C(C)C(CC)CC1(C)CC(C)(C)C1. The van der Waals surface area contributed by atoms with Crippen molar-refractivity contribution in [2.75, 3.05) is 0 Å². The molecule has 1 saturated carbocycles. The van der Waals surface area contributed by atoms with Gasteiger partial charge in [-0.15, -0.1) is 0 Å². The van der Waals surface area contributed by atoms with Gasteiger partial charge >= 0.3 is 0 Å². The summed E-state index contributed by atoms with van der Waals surface area (Å²) in [4.78, 5) is 0. The molecule has 0 saturated heterocycles. The predicted molar refractivity (Wildman–Crippen MR) is 64.3 cm³/mol. The quantitative estimate of drug-likeness (QED) is 0.564. The molecule has 0 bridgehead atoms. The lowest BCUT2D eigenvalue weighted by Crippen LogP contribution is -2.42. The molecule has 1 aliphatic rings. The van der Waals surface area contributed by atoms with Crippen molar-refractivity contribution in [2.24, 2.45) is 16.7 Å². The molecule has 0 nitrogen and oxygen atoms in total. The Morgan fingerprint density at radius 2 is 1.79 bits per heavy atom. The summed E-state index contributed by atoms with van der Waals surface area (Å²) in [5, 5.41) is 0. The van der Waals surface area contributed by atoms with E-state index >= 15 is 0 Å². The lowest BCUT2D eigenvalue weighted by molar-refractivity contribution is -0.0136. The Hall–Kier alpha value is -0.260. The van der Waals surface area contributed by atoms with E-state index in [9.17, 15) is 0 Å². The van der Waals surface area contributed by atoms with Crippen LogP contribution in [0.3, 0.4) is 0 Å². The third kappa shape index (κ3) is 2.62. The summed E-state index contributed by atoms with van der Waals surface area (Å²) in [7, 11) is 0. The van der Waals surface area contributed by atoms with Crippen molar-refractivity contribution in [1.82, 2.24) is 0 Å². The molecule has 0 radical (unpaired) electrons. The molecular formula is C14H26. The molecule has 82 valence electrons. The van der Waals surface area contributed by atoms with Gasteiger partial charge in [-0.3, -0.25) is 0 Å². The monoisotopic (exact) mass is 194 g/mol. The molecule has 14 heavy (non-hydrogen) atoms. The minimum atomic E-state index is 0.599. The van der Waals surface area contributed by atoms with Gasteiger partial charge in [0.25, 0.3) is 0 Å². The number of allylic oxidation sites excluding steroid dienone is 1. The highest BCUT2D eigenvalue weighted by molar-refractivity contribution is 5.03. The fourth-order valence-electron chi connectivity index (χ4n) is 3.67. The molecule has 0 heterocycles. The highest BCUT2D eigenvalue weighted by Gasteiger charge is 2.46. The normalized spacial score (nSPS) is 25.2. The lowest BCUT2D eigenvalue weighted by atomic mass is 9.52. The highest BCUT2D eigenvalue weighted by Crippen LogP contribution is 2.57. The maximum Gasteiger partial charge on any atom is -0.0206 e. The Labute approximate surface area is 89.8 Å². The molecule has 0 N–H and O–H groups in total. The van der Waals surface area contributed by atoms with Gasteiger partial charge in [0, 0.05) is 0 Å². The van der Waals surface area contributed by atoms with Crippen molar-refractivity contribution in [1.29, 1.82) is 0 Å². The van der Waals surface area contributed by atoms with E-state index in [0.717, 1.165) is 5.92 Å². The van der Waals surface area contributed by atoms with Crippen LogP contribution in [0.1, 0.15) is 60.3 Å². The zero-order valence-corrected chi connectivity index (χ0v) is 10.6. The second-order valence-electron chi connectivity index (χ2n) is 6.48. The van der Waals surface area contributed by atoms with Crippen LogP contribution in [0.2, 0.25) is 0 Å². The summed E-state index contributed by atoms with van der Waals surface area (Å²) in [6.07, 6.45) is 5.39. The van der Waals surface area contributed by atoms with E-state index in [4.69, 9.17) is 0 Å². The first-order chi connectivity index (χ1) is 6.28. The second-order valence-corrected chi connectivity index (χ2v) is 6.48. The van der Waals surface area contributed by atoms with Crippen LogP contribution in [0.5, 0.6) is 0 Å². The van der Waals surface area contributed by atoms with Gasteiger partial charge in [-0.1, -0.05) is 39.8 Å². The van der Waals surface area contributed by atoms with Gasteiger partial charge in [-0.25, -0.2) is 0 Å². The predicted octanol–water partition coefficient (Wildman–Crippen LogP) is 4.81. The molecule has 1 atom stereocenters. The van der Waals surface area contributed by atoms with Gasteiger partial charge in [0.1, 0.15) is 0 Å². The Balaban J connectivity index is 2.49. The van der Waals surface area contributed by atoms with Crippen LogP contribution in [-0.2, 0) is 0 Å². The third-order valence-corrected chi connectivity index (χ3v) is 3.74. The van der Waals surface area contributed by atoms with Crippen molar-refractivity contribution in [3.05, 3.63) is 12.2 Å². The molecule has 1 fully saturated rings. The molecule has 0 heteroatoms. The summed E-state index contributed by atoms with van der Waals surface area (Å²) in [6, 6.07) is 0. The molecule has 1 unspecified atom stereocenters. The van der Waals surface area contributed by atoms with Gasteiger partial charge in [0.15, 0.2) is 0 Å². The second kappa shape index (κ2) is 3.72. The van der Waals surface area contributed by atoms with E-state index in [2.05, 4.69) is 41.2 Å². The first kappa shape index (κ1) is 11.8. The molecule has 0 aromatic carbocycles. The first-order valence-electron chi connectivity index (χ1n) is 5.93.